The summed E-state index contributed by atoms with van der Waals surface area (Å²) in [6.45, 7) is -0.263. The molecule has 3 N–H and O–H groups in total. The Labute approximate surface area is 110 Å². The Bertz CT molecular complexity index is 392. The number of nitrogens with one attached hydrogen (secondary N) is 1. The van der Waals surface area contributed by atoms with Gasteiger partial charge in [0, 0.05) is 6.54 Å². The van der Waals surface area contributed by atoms with Gasteiger partial charge in [0.2, 0.25) is 0 Å². The maximum Gasteiger partial charge on any atom is 0.161 e. The summed E-state index contributed by atoms with van der Waals surface area (Å²) in [4.78, 5) is 0. The van der Waals surface area contributed by atoms with Crippen molar-refractivity contribution in [3.05, 3.63) is 26.4 Å². The van der Waals surface area contributed by atoms with Crippen LogP contribution in [0, 0.1) is 5.82 Å². The van der Waals surface area contributed by atoms with Gasteiger partial charge in [-0.2, -0.15) is 0 Å². The quantitative estimate of drug-likeness (QED) is 0.587. The molecule has 16 heavy (non-hydrogen) atoms. The van der Waals surface area contributed by atoms with Crippen molar-refractivity contribution in [3.8, 4) is 0 Å². The maximum absolute atomic E-state index is 13.2. The minimum atomic E-state index is -0.908. The summed E-state index contributed by atoms with van der Waals surface area (Å²) < 4.78 is 13.5. The van der Waals surface area contributed by atoms with Crippen LogP contribution in [0.25, 0.3) is 0 Å². The van der Waals surface area contributed by atoms with E-state index in [0.717, 1.165) is 0 Å². The number of aliphatic hydroxyl groups excluding tert-OH is 2. The van der Waals surface area contributed by atoms with Crippen LogP contribution < -0.4 is 5.32 Å². The standard InChI is InChI=1S/C9H9BrCl2FNO2/c10-7-6(14-2-4(16)3-15)1-5(11)9(13)8(7)12/h1,4,14-16H,2-3H2. The molecule has 1 unspecified atom stereocenters. The minimum absolute atomic E-state index is 0.105. The van der Waals surface area contributed by atoms with Crippen molar-refractivity contribution >= 4 is 44.8 Å². The van der Waals surface area contributed by atoms with Crippen LogP contribution in [-0.2, 0) is 0 Å². The van der Waals surface area contributed by atoms with Crippen molar-refractivity contribution in [2.24, 2.45) is 0 Å². The second kappa shape index (κ2) is 6.02. The molecule has 0 amide bonds. The second-order valence-corrected chi connectivity index (χ2v) is 4.64. The van der Waals surface area contributed by atoms with Crippen LogP contribution >= 0.6 is 39.1 Å². The summed E-state index contributed by atoms with van der Waals surface area (Å²) in [5.41, 5.74) is 0.448. The molecule has 0 spiro atoms. The fraction of sp³-hybridized carbons (Fsp3) is 0.333. The maximum atomic E-state index is 13.2. The number of anilines is 1. The molecule has 90 valence electrons. The average molecular weight is 333 g/mol. The topological polar surface area (TPSA) is 52.5 Å². The van der Waals surface area contributed by atoms with Crippen LogP contribution in [0.4, 0.5) is 10.1 Å². The molecular formula is C9H9BrCl2FNO2. The molecule has 1 aromatic carbocycles. The van der Waals surface area contributed by atoms with E-state index in [2.05, 4.69) is 21.2 Å². The van der Waals surface area contributed by atoms with E-state index in [1.807, 2.05) is 0 Å². The fourth-order valence-corrected chi connectivity index (χ4v) is 1.88. The van der Waals surface area contributed by atoms with Gasteiger partial charge in [0.25, 0.3) is 0 Å². The van der Waals surface area contributed by atoms with Crippen molar-refractivity contribution in [2.45, 2.75) is 6.10 Å². The van der Waals surface area contributed by atoms with E-state index in [4.69, 9.17) is 33.4 Å². The molecule has 0 aliphatic carbocycles. The molecule has 7 heteroatoms. The zero-order chi connectivity index (χ0) is 12.3. The highest BCUT2D eigenvalue weighted by Gasteiger charge is 2.14. The Balaban J connectivity index is 2.89. The predicted octanol–water partition coefficient (Wildman–Crippen LogP) is 2.66. The molecule has 0 aliphatic rings. The SMILES string of the molecule is OCC(O)CNc1cc(Cl)c(F)c(Cl)c1Br. The van der Waals surface area contributed by atoms with Gasteiger partial charge in [0.1, 0.15) is 0 Å². The molecule has 0 heterocycles. The van der Waals surface area contributed by atoms with E-state index in [1.165, 1.54) is 6.07 Å². The Morgan fingerprint density at radius 1 is 1.50 bits per heavy atom. The van der Waals surface area contributed by atoms with Gasteiger partial charge in [-0.3, -0.25) is 0 Å². The van der Waals surface area contributed by atoms with E-state index in [9.17, 15) is 4.39 Å². The van der Waals surface area contributed by atoms with E-state index in [-0.39, 0.29) is 23.2 Å². The van der Waals surface area contributed by atoms with Crippen molar-refractivity contribution in [3.63, 3.8) is 0 Å². The number of benzene rings is 1. The lowest BCUT2D eigenvalue weighted by Gasteiger charge is -2.13. The zero-order valence-electron chi connectivity index (χ0n) is 7.98. The molecule has 0 bridgehead atoms. The molecule has 0 fully saturated rings. The molecule has 1 atom stereocenters. The summed E-state index contributed by atoms with van der Waals surface area (Å²) in [5, 5.41) is 20.3. The summed E-state index contributed by atoms with van der Waals surface area (Å²) >= 11 is 14.4. The molecule has 1 aromatic rings. The van der Waals surface area contributed by atoms with E-state index in [0.29, 0.717) is 10.2 Å². The monoisotopic (exact) mass is 331 g/mol. The van der Waals surface area contributed by atoms with Crippen LogP contribution in [-0.4, -0.2) is 29.5 Å². The fourth-order valence-electron chi connectivity index (χ4n) is 0.994. The van der Waals surface area contributed by atoms with Gasteiger partial charge in [-0.15, -0.1) is 0 Å². The van der Waals surface area contributed by atoms with Crippen LogP contribution in [0.2, 0.25) is 10.0 Å². The third-order valence-electron chi connectivity index (χ3n) is 1.84. The van der Waals surface area contributed by atoms with Gasteiger partial charge in [-0.25, -0.2) is 4.39 Å². The van der Waals surface area contributed by atoms with Crippen LogP contribution in [0.1, 0.15) is 0 Å². The summed E-state index contributed by atoms with van der Waals surface area (Å²) in [5.74, 6) is -0.705. The lowest BCUT2D eigenvalue weighted by molar-refractivity contribution is 0.105. The lowest BCUT2D eigenvalue weighted by atomic mass is 10.3. The summed E-state index contributed by atoms with van der Waals surface area (Å²) in [7, 11) is 0. The van der Waals surface area contributed by atoms with E-state index in [1.54, 1.807) is 0 Å². The molecular weight excluding hydrogens is 324 g/mol. The first-order valence-electron chi connectivity index (χ1n) is 4.33. The first kappa shape index (κ1) is 14.0. The summed E-state index contributed by atoms with van der Waals surface area (Å²) in [6, 6.07) is 1.34. The third-order valence-corrected chi connectivity index (χ3v) is 3.52. The Kier molecular flexibility index (Phi) is 5.27. The Hall–Kier alpha value is -0.0700. The number of aliphatic hydroxyl groups is 2. The van der Waals surface area contributed by atoms with Gasteiger partial charge >= 0.3 is 0 Å². The molecule has 3 nitrogen and oxygen atoms in total. The highest BCUT2D eigenvalue weighted by molar-refractivity contribution is 9.10. The van der Waals surface area contributed by atoms with Crippen molar-refractivity contribution in [1.29, 1.82) is 0 Å². The van der Waals surface area contributed by atoms with Crippen molar-refractivity contribution < 1.29 is 14.6 Å². The average Bonchev–Trinajstić information content (AvgIpc) is 2.28. The number of hydrogen-bond acceptors (Lipinski definition) is 3. The van der Waals surface area contributed by atoms with Gasteiger partial charge in [0.05, 0.1) is 32.9 Å². The van der Waals surface area contributed by atoms with Crippen LogP contribution in [0.15, 0.2) is 10.5 Å². The normalized spacial score (nSPS) is 12.6. The first-order chi connectivity index (χ1) is 7.47. The molecule has 0 saturated heterocycles. The van der Waals surface area contributed by atoms with Gasteiger partial charge in [-0.05, 0) is 22.0 Å². The Morgan fingerprint density at radius 2 is 2.12 bits per heavy atom. The van der Waals surface area contributed by atoms with Crippen LogP contribution in [0.3, 0.4) is 0 Å². The van der Waals surface area contributed by atoms with Gasteiger partial charge in [0.15, 0.2) is 5.82 Å². The molecule has 0 aliphatic heterocycles. The molecule has 0 aromatic heterocycles. The number of hydrogen-bond donors (Lipinski definition) is 3. The number of rotatable bonds is 4. The summed E-state index contributed by atoms with van der Waals surface area (Å²) in [6.07, 6.45) is -0.908. The van der Waals surface area contributed by atoms with E-state index >= 15 is 0 Å². The predicted molar refractivity (Wildman–Crippen MR) is 65.7 cm³/mol. The zero-order valence-corrected chi connectivity index (χ0v) is 11.1. The smallest absolute Gasteiger partial charge is 0.161 e. The first-order valence-corrected chi connectivity index (χ1v) is 5.88. The van der Waals surface area contributed by atoms with Gasteiger partial charge < -0.3 is 15.5 Å². The Morgan fingerprint density at radius 3 is 2.69 bits per heavy atom. The van der Waals surface area contributed by atoms with Crippen molar-refractivity contribution in [2.75, 3.05) is 18.5 Å². The molecule has 0 saturated carbocycles. The molecule has 0 radical (unpaired) electrons. The number of halogens is 4. The van der Waals surface area contributed by atoms with Crippen molar-refractivity contribution in [1.82, 2.24) is 0 Å². The minimum Gasteiger partial charge on any atom is -0.394 e. The third kappa shape index (κ3) is 3.21. The lowest BCUT2D eigenvalue weighted by Crippen LogP contribution is -2.23. The van der Waals surface area contributed by atoms with E-state index < -0.39 is 11.9 Å². The van der Waals surface area contributed by atoms with Crippen LogP contribution in [0.5, 0.6) is 0 Å². The highest BCUT2D eigenvalue weighted by atomic mass is 79.9. The highest BCUT2D eigenvalue weighted by Crippen LogP contribution is 2.36. The largest absolute Gasteiger partial charge is 0.394 e. The second-order valence-electron chi connectivity index (χ2n) is 3.07. The van der Waals surface area contributed by atoms with Gasteiger partial charge in [-0.1, -0.05) is 23.2 Å². The molecule has 1 rings (SSSR count).